The maximum absolute atomic E-state index is 12.7. The van der Waals surface area contributed by atoms with Gasteiger partial charge < -0.3 is 10.1 Å². The average Bonchev–Trinajstić information content (AvgIpc) is 2.63. The van der Waals surface area contributed by atoms with Crippen LogP contribution in [0, 0.1) is 0 Å². The van der Waals surface area contributed by atoms with E-state index in [1.165, 1.54) is 5.56 Å². The Balaban J connectivity index is 1.67. The zero-order chi connectivity index (χ0) is 18.6. The number of morpholine rings is 1. The van der Waals surface area contributed by atoms with E-state index in [1.807, 2.05) is 42.5 Å². The number of carbonyl (C=O) groups is 1. The lowest BCUT2D eigenvalue weighted by Crippen LogP contribution is -2.35. The Hall–Kier alpha value is -2.17. The van der Waals surface area contributed by atoms with Gasteiger partial charge in [0.2, 0.25) is 0 Å². The van der Waals surface area contributed by atoms with Gasteiger partial charge in [-0.3, -0.25) is 9.69 Å². The van der Waals surface area contributed by atoms with E-state index in [4.69, 9.17) is 4.74 Å². The summed E-state index contributed by atoms with van der Waals surface area (Å²) in [4.78, 5) is 15.0. The van der Waals surface area contributed by atoms with Gasteiger partial charge in [0.1, 0.15) is 0 Å². The van der Waals surface area contributed by atoms with Crippen molar-refractivity contribution in [1.29, 1.82) is 0 Å². The molecule has 2 aromatic carbocycles. The third-order valence-corrected chi connectivity index (χ3v) is 4.71. The van der Waals surface area contributed by atoms with Crippen LogP contribution in [0.15, 0.2) is 48.5 Å². The minimum atomic E-state index is -0.0698. The zero-order valence-corrected chi connectivity index (χ0v) is 15.9. The van der Waals surface area contributed by atoms with Gasteiger partial charge in [-0.25, -0.2) is 0 Å². The van der Waals surface area contributed by atoms with Gasteiger partial charge in [0.05, 0.1) is 13.2 Å². The van der Waals surface area contributed by atoms with Crippen molar-refractivity contribution < 1.29 is 9.53 Å². The summed E-state index contributed by atoms with van der Waals surface area (Å²) in [6.45, 7) is 10.9. The molecule has 0 aliphatic carbocycles. The molecule has 1 fully saturated rings. The molecule has 1 heterocycles. The predicted octanol–water partition coefficient (Wildman–Crippen LogP) is 4.07. The van der Waals surface area contributed by atoms with E-state index >= 15 is 0 Å². The highest BCUT2D eigenvalue weighted by molar-refractivity contribution is 6.04. The molecule has 138 valence electrons. The molecule has 1 saturated heterocycles. The fourth-order valence-corrected chi connectivity index (χ4v) is 3.22. The highest BCUT2D eigenvalue weighted by atomic mass is 16.5. The standard InChI is InChI=1S/C22H28N2O2/c1-22(2,3)19-6-4-5-7-20(19)23-21(25)18-10-8-17(9-11-18)16-24-12-14-26-15-13-24/h4-11H,12-16H2,1-3H3,(H,23,25). The van der Waals surface area contributed by atoms with Crippen molar-refractivity contribution in [2.24, 2.45) is 0 Å². The third kappa shape index (κ3) is 4.71. The summed E-state index contributed by atoms with van der Waals surface area (Å²) in [6, 6.07) is 15.9. The molecule has 1 aliphatic heterocycles. The van der Waals surface area contributed by atoms with Gasteiger partial charge in [0.25, 0.3) is 5.91 Å². The van der Waals surface area contributed by atoms with Crippen LogP contribution in [0.25, 0.3) is 0 Å². The smallest absolute Gasteiger partial charge is 0.255 e. The van der Waals surface area contributed by atoms with Crippen LogP contribution in [0.4, 0.5) is 5.69 Å². The van der Waals surface area contributed by atoms with Crippen LogP contribution in [-0.2, 0) is 16.7 Å². The minimum absolute atomic E-state index is 0.0219. The molecular weight excluding hydrogens is 324 g/mol. The highest BCUT2D eigenvalue weighted by Crippen LogP contribution is 2.29. The SMILES string of the molecule is CC(C)(C)c1ccccc1NC(=O)c1ccc(CN2CCOCC2)cc1. The summed E-state index contributed by atoms with van der Waals surface area (Å²) in [5.41, 5.74) is 3.89. The first-order valence-corrected chi connectivity index (χ1v) is 9.23. The van der Waals surface area contributed by atoms with E-state index in [-0.39, 0.29) is 11.3 Å². The molecule has 0 radical (unpaired) electrons. The number of rotatable bonds is 4. The summed E-state index contributed by atoms with van der Waals surface area (Å²) in [5.74, 6) is -0.0698. The number of ether oxygens (including phenoxy) is 1. The molecule has 3 rings (SSSR count). The molecule has 4 heteroatoms. The second-order valence-corrected chi connectivity index (χ2v) is 7.84. The maximum Gasteiger partial charge on any atom is 0.255 e. The number of hydrogen-bond acceptors (Lipinski definition) is 3. The van der Waals surface area contributed by atoms with Crippen molar-refractivity contribution in [1.82, 2.24) is 4.90 Å². The van der Waals surface area contributed by atoms with Crippen molar-refractivity contribution in [2.45, 2.75) is 32.7 Å². The minimum Gasteiger partial charge on any atom is -0.379 e. The lowest BCUT2D eigenvalue weighted by atomic mass is 9.86. The summed E-state index contributed by atoms with van der Waals surface area (Å²) < 4.78 is 5.38. The normalized spacial score (nSPS) is 15.7. The fraction of sp³-hybridized carbons (Fsp3) is 0.409. The topological polar surface area (TPSA) is 41.6 Å². The zero-order valence-electron chi connectivity index (χ0n) is 15.9. The second-order valence-electron chi connectivity index (χ2n) is 7.84. The molecule has 0 bridgehead atoms. The quantitative estimate of drug-likeness (QED) is 0.902. The van der Waals surface area contributed by atoms with Crippen molar-refractivity contribution in [3.8, 4) is 0 Å². The van der Waals surface area contributed by atoms with Crippen LogP contribution in [0.1, 0.15) is 42.3 Å². The molecule has 0 unspecified atom stereocenters. The van der Waals surface area contributed by atoms with Crippen LogP contribution in [0.3, 0.4) is 0 Å². The number of benzene rings is 2. The van der Waals surface area contributed by atoms with E-state index in [2.05, 4.69) is 37.1 Å². The van der Waals surface area contributed by atoms with Crippen LogP contribution in [0.5, 0.6) is 0 Å². The number of para-hydroxylation sites is 1. The van der Waals surface area contributed by atoms with Gasteiger partial charge in [-0.1, -0.05) is 51.1 Å². The van der Waals surface area contributed by atoms with Crippen molar-refractivity contribution in [3.05, 3.63) is 65.2 Å². The molecule has 0 spiro atoms. The molecule has 2 aromatic rings. The highest BCUT2D eigenvalue weighted by Gasteiger charge is 2.19. The van der Waals surface area contributed by atoms with Crippen molar-refractivity contribution >= 4 is 11.6 Å². The molecular formula is C22H28N2O2. The van der Waals surface area contributed by atoms with Crippen LogP contribution >= 0.6 is 0 Å². The number of nitrogens with zero attached hydrogens (tertiary/aromatic N) is 1. The average molecular weight is 352 g/mol. The number of hydrogen-bond donors (Lipinski definition) is 1. The number of anilines is 1. The monoisotopic (exact) mass is 352 g/mol. The molecule has 1 aliphatic rings. The fourth-order valence-electron chi connectivity index (χ4n) is 3.22. The number of nitrogens with one attached hydrogen (secondary N) is 1. The number of carbonyl (C=O) groups excluding carboxylic acids is 1. The summed E-state index contributed by atoms with van der Waals surface area (Å²) >= 11 is 0. The Bertz CT molecular complexity index is 741. The Morgan fingerprint density at radius 3 is 2.35 bits per heavy atom. The molecule has 4 nitrogen and oxygen atoms in total. The summed E-state index contributed by atoms with van der Waals surface area (Å²) in [6.07, 6.45) is 0. The van der Waals surface area contributed by atoms with E-state index in [1.54, 1.807) is 0 Å². The van der Waals surface area contributed by atoms with E-state index in [9.17, 15) is 4.79 Å². The first kappa shape index (κ1) is 18.6. The first-order chi connectivity index (χ1) is 12.4. The molecule has 1 N–H and O–H groups in total. The van der Waals surface area contributed by atoms with Crippen LogP contribution in [0.2, 0.25) is 0 Å². The Labute approximate surface area is 156 Å². The summed E-state index contributed by atoms with van der Waals surface area (Å²) in [5, 5.41) is 3.07. The van der Waals surface area contributed by atoms with Crippen LogP contribution in [-0.4, -0.2) is 37.1 Å². The van der Waals surface area contributed by atoms with E-state index in [0.29, 0.717) is 5.56 Å². The van der Waals surface area contributed by atoms with Gasteiger partial charge in [-0.15, -0.1) is 0 Å². The second kappa shape index (κ2) is 8.02. The van der Waals surface area contributed by atoms with Crippen LogP contribution < -0.4 is 5.32 Å². The van der Waals surface area contributed by atoms with Gasteiger partial charge in [0, 0.05) is 30.9 Å². The first-order valence-electron chi connectivity index (χ1n) is 9.23. The molecule has 0 aromatic heterocycles. The molecule has 0 atom stereocenters. The Morgan fingerprint density at radius 1 is 1.04 bits per heavy atom. The van der Waals surface area contributed by atoms with Gasteiger partial charge in [-0.05, 0) is 34.7 Å². The van der Waals surface area contributed by atoms with Gasteiger partial charge in [0.15, 0.2) is 0 Å². The number of amides is 1. The largest absolute Gasteiger partial charge is 0.379 e. The van der Waals surface area contributed by atoms with E-state index < -0.39 is 0 Å². The summed E-state index contributed by atoms with van der Waals surface area (Å²) in [7, 11) is 0. The maximum atomic E-state index is 12.7. The van der Waals surface area contributed by atoms with Gasteiger partial charge >= 0.3 is 0 Å². The lowest BCUT2D eigenvalue weighted by Gasteiger charge is -2.26. The predicted molar refractivity (Wildman–Crippen MR) is 106 cm³/mol. The lowest BCUT2D eigenvalue weighted by molar-refractivity contribution is 0.0342. The molecule has 1 amide bonds. The Morgan fingerprint density at radius 2 is 1.69 bits per heavy atom. The Kier molecular flexibility index (Phi) is 5.74. The van der Waals surface area contributed by atoms with E-state index in [0.717, 1.165) is 44.1 Å². The molecule has 0 saturated carbocycles. The van der Waals surface area contributed by atoms with Gasteiger partial charge in [-0.2, -0.15) is 0 Å². The molecule has 26 heavy (non-hydrogen) atoms. The van der Waals surface area contributed by atoms with Crippen molar-refractivity contribution in [3.63, 3.8) is 0 Å². The third-order valence-electron chi connectivity index (χ3n) is 4.71. The van der Waals surface area contributed by atoms with Crippen molar-refractivity contribution in [2.75, 3.05) is 31.6 Å².